The molecule has 1 N–H and O–H groups in total. The van der Waals surface area contributed by atoms with Crippen molar-refractivity contribution in [3.8, 4) is 0 Å². The second kappa shape index (κ2) is 4.47. The van der Waals surface area contributed by atoms with Crippen molar-refractivity contribution in [1.82, 2.24) is 9.97 Å². The molecule has 5 nitrogen and oxygen atoms in total. The van der Waals surface area contributed by atoms with Crippen LogP contribution in [0.25, 0.3) is 0 Å². The summed E-state index contributed by atoms with van der Waals surface area (Å²) in [5, 5.41) is 9.10. The molecule has 0 amide bonds. The highest BCUT2D eigenvalue weighted by Crippen LogP contribution is 2.35. The third-order valence-corrected chi connectivity index (χ3v) is 3.20. The minimum Gasteiger partial charge on any atom is -0.481 e. The Kier molecular flexibility index (Phi) is 3.14. The Balaban J connectivity index is 2.27. The first-order valence-electron chi connectivity index (χ1n) is 5.51. The second-order valence-electron chi connectivity index (χ2n) is 4.60. The number of carboxylic acid groups (broad SMARTS) is 1. The highest BCUT2D eigenvalue weighted by Gasteiger charge is 2.41. The van der Waals surface area contributed by atoms with Crippen LogP contribution < -0.4 is 4.90 Å². The molecule has 0 spiro atoms. The van der Waals surface area contributed by atoms with Gasteiger partial charge in [0.25, 0.3) is 6.43 Å². The maximum Gasteiger partial charge on any atom is 0.311 e. The van der Waals surface area contributed by atoms with E-state index in [0.29, 0.717) is 13.0 Å². The van der Waals surface area contributed by atoms with Crippen LogP contribution >= 0.6 is 0 Å². The summed E-state index contributed by atoms with van der Waals surface area (Å²) in [6.45, 7) is 2.16. The van der Waals surface area contributed by atoms with Crippen LogP contribution in [-0.4, -0.2) is 34.1 Å². The molecule has 0 aliphatic carbocycles. The molecule has 1 unspecified atom stereocenters. The summed E-state index contributed by atoms with van der Waals surface area (Å²) in [7, 11) is 0. The van der Waals surface area contributed by atoms with E-state index >= 15 is 0 Å². The molecule has 2 rings (SSSR count). The van der Waals surface area contributed by atoms with Gasteiger partial charge in [-0.15, -0.1) is 0 Å². The van der Waals surface area contributed by atoms with Crippen molar-refractivity contribution in [1.29, 1.82) is 0 Å². The van der Waals surface area contributed by atoms with Gasteiger partial charge >= 0.3 is 5.97 Å². The number of rotatable bonds is 3. The Morgan fingerprint density at radius 3 is 2.72 bits per heavy atom. The van der Waals surface area contributed by atoms with Crippen molar-refractivity contribution >= 4 is 11.8 Å². The summed E-state index contributed by atoms with van der Waals surface area (Å²) in [5.41, 5.74) is -1.32. The molecule has 1 fully saturated rings. The minimum absolute atomic E-state index is 0.0810. The van der Waals surface area contributed by atoms with Crippen LogP contribution in [0.2, 0.25) is 0 Å². The standard InChI is InChI=1S/C11H13F2N3O2/c1-11(10(17)18)2-5-16(6-11)9-7(8(12)13)14-3-4-15-9/h3-4,8H,2,5-6H2,1H3,(H,17,18). The van der Waals surface area contributed by atoms with E-state index < -0.39 is 23.5 Å². The van der Waals surface area contributed by atoms with Gasteiger partial charge in [-0.3, -0.25) is 4.79 Å². The largest absolute Gasteiger partial charge is 0.481 e. The van der Waals surface area contributed by atoms with E-state index in [9.17, 15) is 13.6 Å². The van der Waals surface area contributed by atoms with Crippen LogP contribution in [0.3, 0.4) is 0 Å². The number of alkyl halides is 2. The van der Waals surface area contributed by atoms with Crippen molar-refractivity contribution in [3.05, 3.63) is 18.1 Å². The second-order valence-corrected chi connectivity index (χ2v) is 4.60. The van der Waals surface area contributed by atoms with Crippen molar-refractivity contribution in [2.24, 2.45) is 5.41 Å². The Morgan fingerprint density at radius 1 is 1.50 bits per heavy atom. The summed E-state index contributed by atoms with van der Waals surface area (Å²) < 4.78 is 25.6. The van der Waals surface area contributed by atoms with Crippen LogP contribution in [0, 0.1) is 5.41 Å². The van der Waals surface area contributed by atoms with E-state index in [1.165, 1.54) is 12.4 Å². The van der Waals surface area contributed by atoms with E-state index in [2.05, 4.69) is 9.97 Å². The van der Waals surface area contributed by atoms with Crippen molar-refractivity contribution in [3.63, 3.8) is 0 Å². The molecule has 0 saturated carbocycles. The fraction of sp³-hybridized carbons (Fsp3) is 0.545. The van der Waals surface area contributed by atoms with Gasteiger partial charge in [-0.1, -0.05) is 0 Å². The highest BCUT2D eigenvalue weighted by atomic mass is 19.3. The Bertz CT molecular complexity index is 469. The summed E-state index contributed by atoms with van der Waals surface area (Å²) in [6.07, 6.45) is 0.224. The number of nitrogens with zero attached hydrogens (tertiary/aromatic N) is 3. The van der Waals surface area contributed by atoms with Gasteiger partial charge in [-0.05, 0) is 13.3 Å². The zero-order valence-electron chi connectivity index (χ0n) is 9.81. The van der Waals surface area contributed by atoms with Crippen LogP contribution in [0.4, 0.5) is 14.6 Å². The van der Waals surface area contributed by atoms with Gasteiger partial charge in [0.1, 0.15) is 5.69 Å². The van der Waals surface area contributed by atoms with Gasteiger partial charge in [-0.25, -0.2) is 18.7 Å². The Hall–Kier alpha value is -1.79. The molecular formula is C11H13F2N3O2. The summed E-state index contributed by atoms with van der Waals surface area (Å²) in [5.74, 6) is -0.843. The molecule has 0 aromatic carbocycles. The summed E-state index contributed by atoms with van der Waals surface area (Å²) in [6, 6.07) is 0. The lowest BCUT2D eigenvalue weighted by atomic mass is 9.90. The first-order valence-corrected chi connectivity index (χ1v) is 5.51. The average molecular weight is 257 g/mol. The van der Waals surface area contributed by atoms with E-state index in [0.717, 1.165) is 0 Å². The molecule has 0 bridgehead atoms. The zero-order valence-corrected chi connectivity index (χ0v) is 9.81. The predicted octanol–water partition coefficient (Wildman–Crippen LogP) is 1.72. The predicted molar refractivity (Wildman–Crippen MR) is 59.6 cm³/mol. The third kappa shape index (κ3) is 2.12. The number of anilines is 1. The molecule has 0 radical (unpaired) electrons. The summed E-state index contributed by atoms with van der Waals surface area (Å²) in [4.78, 5) is 20.2. The van der Waals surface area contributed by atoms with Crippen LogP contribution in [0.5, 0.6) is 0 Å². The molecule has 98 valence electrons. The molecular weight excluding hydrogens is 244 g/mol. The number of hydrogen-bond acceptors (Lipinski definition) is 4. The highest BCUT2D eigenvalue weighted by molar-refractivity contribution is 5.76. The lowest BCUT2D eigenvalue weighted by Crippen LogP contribution is -2.32. The van der Waals surface area contributed by atoms with Crippen LogP contribution in [0.1, 0.15) is 25.5 Å². The van der Waals surface area contributed by atoms with Crippen molar-refractivity contribution < 1.29 is 18.7 Å². The van der Waals surface area contributed by atoms with Gasteiger partial charge in [-0.2, -0.15) is 0 Å². The number of carboxylic acids is 1. The molecule has 1 aliphatic heterocycles. The number of hydrogen-bond donors (Lipinski definition) is 1. The van der Waals surface area contributed by atoms with Gasteiger partial charge in [0.2, 0.25) is 0 Å². The van der Waals surface area contributed by atoms with E-state index in [1.807, 2.05) is 0 Å². The number of carbonyl (C=O) groups is 1. The van der Waals surface area contributed by atoms with Gasteiger partial charge in [0, 0.05) is 25.5 Å². The molecule has 7 heteroatoms. The SMILES string of the molecule is CC1(C(=O)O)CCN(c2nccnc2C(F)F)C1. The molecule has 18 heavy (non-hydrogen) atoms. The smallest absolute Gasteiger partial charge is 0.311 e. The van der Waals surface area contributed by atoms with Crippen LogP contribution in [-0.2, 0) is 4.79 Å². The topological polar surface area (TPSA) is 66.3 Å². The number of halogens is 2. The average Bonchev–Trinajstić information content (AvgIpc) is 2.73. The quantitative estimate of drug-likeness (QED) is 0.893. The normalized spacial score (nSPS) is 23.7. The van der Waals surface area contributed by atoms with Crippen molar-refractivity contribution in [2.45, 2.75) is 19.8 Å². The van der Waals surface area contributed by atoms with E-state index in [4.69, 9.17) is 5.11 Å². The van der Waals surface area contributed by atoms with E-state index in [1.54, 1.807) is 11.8 Å². The fourth-order valence-corrected chi connectivity index (χ4v) is 2.06. The monoisotopic (exact) mass is 257 g/mol. The molecule has 1 saturated heterocycles. The molecule has 1 aromatic heterocycles. The first kappa shape index (κ1) is 12.7. The van der Waals surface area contributed by atoms with Gasteiger partial charge in [0.05, 0.1) is 5.41 Å². The lowest BCUT2D eigenvalue weighted by Gasteiger charge is -2.22. The maximum absolute atomic E-state index is 12.8. The fourth-order valence-electron chi connectivity index (χ4n) is 2.06. The van der Waals surface area contributed by atoms with E-state index in [-0.39, 0.29) is 12.4 Å². The Labute approximate surface area is 102 Å². The molecule has 1 atom stereocenters. The maximum atomic E-state index is 12.8. The lowest BCUT2D eigenvalue weighted by molar-refractivity contribution is -0.146. The third-order valence-electron chi connectivity index (χ3n) is 3.20. The molecule has 1 aliphatic rings. The minimum atomic E-state index is -2.72. The zero-order chi connectivity index (χ0) is 13.3. The number of aliphatic carboxylic acids is 1. The van der Waals surface area contributed by atoms with Gasteiger partial charge < -0.3 is 10.0 Å². The first-order chi connectivity index (χ1) is 8.44. The van der Waals surface area contributed by atoms with Crippen LogP contribution in [0.15, 0.2) is 12.4 Å². The molecule has 2 heterocycles. The molecule has 1 aromatic rings. The number of aromatic nitrogens is 2. The van der Waals surface area contributed by atoms with Crippen molar-refractivity contribution in [2.75, 3.05) is 18.0 Å². The summed E-state index contributed by atoms with van der Waals surface area (Å²) >= 11 is 0. The van der Waals surface area contributed by atoms with Gasteiger partial charge in [0.15, 0.2) is 5.82 Å². The Morgan fingerprint density at radius 2 is 2.17 bits per heavy atom.